The maximum atomic E-state index is 12.6. The van der Waals surface area contributed by atoms with E-state index in [1.165, 1.54) is 0 Å². The molecule has 0 spiro atoms. The smallest absolute Gasteiger partial charge is 0.254 e. The van der Waals surface area contributed by atoms with Gasteiger partial charge in [0.15, 0.2) is 0 Å². The van der Waals surface area contributed by atoms with Crippen LogP contribution < -0.4 is 10.6 Å². The van der Waals surface area contributed by atoms with Crippen LogP contribution in [-0.2, 0) is 14.3 Å². The van der Waals surface area contributed by atoms with Gasteiger partial charge in [-0.3, -0.25) is 14.4 Å². The van der Waals surface area contributed by atoms with E-state index in [1.807, 2.05) is 6.92 Å². The lowest BCUT2D eigenvalue weighted by Gasteiger charge is -2.31. The number of benzene rings is 1. The lowest BCUT2D eigenvalue weighted by Crippen LogP contribution is -2.44. The first-order valence-electron chi connectivity index (χ1n) is 8.14. The van der Waals surface area contributed by atoms with Crippen LogP contribution in [0.4, 0.5) is 5.69 Å². The van der Waals surface area contributed by atoms with Gasteiger partial charge in [0, 0.05) is 30.8 Å². The highest BCUT2D eigenvalue weighted by Crippen LogP contribution is 2.16. The van der Waals surface area contributed by atoms with Crippen molar-refractivity contribution in [3.63, 3.8) is 0 Å². The third-order valence-corrected chi connectivity index (χ3v) is 4.22. The molecule has 24 heavy (non-hydrogen) atoms. The minimum atomic E-state index is -0.503. The second-order valence-electron chi connectivity index (χ2n) is 6.16. The van der Waals surface area contributed by atoms with E-state index < -0.39 is 6.04 Å². The molecule has 3 amide bonds. The van der Waals surface area contributed by atoms with Gasteiger partial charge in [-0.25, -0.2) is 0 Å². The van der Waals surface area contributed by atoms with E-state index in [0.717, 1.165) is 0 Å². The molecule has 0 aliphatic carbocycles. The topological polar surface area (TPSA) is 87.7 Å². The number of anilines is 1. The number of ether oxygens (including phenoxy) is 1. The highest BCUT2D eigenvalue weighted by molar-refractivity contribution is 6.00. The Hall–Kier alpha value is -2.41. The molecule has 2 saturated heterocycles. The van der Waals surface area contributed by atoms with Crippen LogP contribution in [0.15, 0.2) is 24.3 Å². The Morgan fingerprint density at radius 3 is 2.92 bits per heavy atom. The zero-order valence-corrected chi connectivity index (χ0v) is 13.6. The third-order valence-electron chi connectivity index (χ3n) is 4.22. The van der Waals surface area contributed by atoms with Gasteiger partial charge in [-0.1, -0.05) is 6.07 Å². The fraction of sp³-hybridized carbons (Fsp3) is 0.471. The maximum Gasteiger partial charge on any atom is 0.254 e. The van der Waals surface area contributed by atoms with Crippen LogP contribution in [0.3, 0.4) is 0 Å². The van der Waals surface area contributed by atoms with E-state index in [-0.39, 0.29) is 23.8 Å². The quantitative estimate of drug-likeness (QED) is 0.856. The number of hydrogen-bond acceptors (Lipinski definition) is 4. The van der Waals surface area contributed by atoms with Crippen molar-refractivity contribution in [2.24, 2.45) is 0 Å². The summed E-state index contributed by atoms with van der Waals surface area (Å²) in [4.78, 5) is 37.7. The average Bonchev–Trinajstić information content (AvgIpc) is 3.01. The van der Waals surface area contributed by atoms with E-state index >= 15 is 0 Å². The molecule has 2 aliphatic rings. The molecule has 0 saturated carbocycles. The first-order valence-corrected chi connectivity index (χ1v) is 8.14. The molecule has 128 valence electrons. The summed E-state index contributed by atoms with van der Waals surface area (Å²) in [5.74, 6) is -0.443. The van der Waals surface area contributed by atoms with Gasteiger partial charge in [0.05, 0.1) is 12.7 Å². The molecule has 1 aromatic rings. The van der Waals surface area contributed by atoms with Gasteiger partial charge in [0.25, 0.3) is 5.91 Å². The summed E-state index contributed by atoms with van der Waals surface area (Å²) in [6.45, 7) is 3.59. The van der Waals surface area contributed by atoms with Gasteiger partial charge < -0.3 is 20.3 Å². The molecule has 7 nitrogen and oxygen atoms in total. The Labute approximate surface area is 140 Å². The highest BCUT2D eigenvalue weighted by atomic mass is 16.5. The number of carbonyl (C=O) groups is 3. The van der Waals surface area contributed by atoms with Crippen molar-refractivity contribution in [2.45, 2.75) is 31.9 Å². The summed E-state index contributed by atoms with van der Waals surface area (Å²) in [6.07, 6.45) is 0.886. The van der Waals surface area contributed by atoms with Crippen LogP contribution in [0.5, 0.6) is 0 Å². The van der Waals surface area contributed by atoms with Crippen LogP contribution in [0.2, 0.25) is 0 Å². The second kappa shape index (κ2) is 7.00. The second-order valence-corrected chi connectivity index (χ2v) is 6.16. The summed E-state index contributed by atoms with van der Waals surface area (Å²) in [6, 6.07) is 6.36. The van der Waals surface area contributed by atoms with Crippen LogP contribution in [-0.4, -0.2) is 54.5 Å². The molecular weight excluding hydrogens is 310 g/mol. The highest BCUT2D eigenvalue weighted by Gasteiger charge is 2.27. The summed E-state index contributed by atoms with van der Waals surface area (Å²) >= 11 is 0. The monoisotopic (exact) mass is 331 g/mol. The summed E-state index contributed by atoms with van der Waals surface area (Å²) < 4.78 is 5.45. The molecule has 2 aliphatic heterocycles. The van der Waals surface area contributed by atoms with Gasteiger partial charge in [0.2, 0.25) is 11.8 Å². The Morgan fingerprint density at radius 2 is 2.21 bits per heavy atom. The van der Waals surface area contributed by atoms with E-state index in [0.29, 0.717) is 43.8 Å². The molecule has 1 aromatic carbocycles. The average molecular weight is 331 g/mol. The zero-order valence-electron chi connectivity index (χ0n) is 13.6. The predicted molar refractivity (Wildman–Crippen MR) is 87.6 cm³/mol. The van der Waals surface area contributed by atoms with Crippen molar-refractivity contribution < 1.29 is 19.1 Å². The largest absolute Gasteiger partial charge is 0.375 e. The van der Waals surface area contributed by atoms with E-state index in [2.05, 4.69) is 10.6 Å². The Balaban J connectivity index is 1.66. The van der Waals surface area contributed by atoms with Gasteiger partial charge >= 0.3 is 0 Å². The van der Waals surface area contributed by atoms with E-state index in [9.17, 15) is 14.4 Å². The number of amides is 3. The Kier molecular flexibility index (Phi) is 4.80. The predicted octanol–water partition coefficient (Wildman–Crippen LogP) is 0.765. The fourth-order valence-electron chi connectivity index (χ4n) is 2.96. The first kappa shape index (κ1) is 16.4. The van der Waals surface area contributed by atoms with Crippen molar-refractivity contribution in [3.05, 3.63) is 29.8 Å². The lowest BCUT2D eigenvalue weighted by molar-refractivity contribution is -0.122. The number of morpholine rings is 1. The summed E-state index contributed by atoms with van der Waals surface area (Å²) in [7, 11) is 0. The van der Waals surface area contributed by atoms with Gasteiger partial charge in [-0.15, -0.1) is 0 Å². The number of nitrogens with one attached hydrogen (secondary N) is 2. The van der Waals surface area contributed by atoms with Crippen molar-refractivity contribution >= 4 is 23.4 Å². The molecule has 3 rings (SSSR count). The fourth-order valence-corrected chi connectivity index (χ4v) is 2.96. The Morgan fingerprint density at radius 1 is 1.38 bits per heavy atom. The molecule has 2 unspecified atom stereocenters. The summed E-state index contributed by atoms with van der Waals surface area (Å²) in [5.41, 5.74) is 1.07. The molecule has 2 N–H and O–H groups in total. The molecule has 2 heterocycles. The van der Waals surface area contributed by atoms with Gasteiger partial charge in [-0.2, -0.15) is 0 Å². The van der Waals surface area contributed by atoms with Crippen molar-refractivity contribution in [3.8, 4) is 0 Å². The third kappa shape index (κ3) is 3.73. The zero-order chi connectivity index (χ0) is 17.1. The lowest BCUT2D eigenvalue weighted by atomic mass is 10.1. The molecule has 0 bridgehead atoms. The van der Waals surface area contributed by atoms with E-state index in [4.69, 9.17) is 4.74 Å². The SMILES string of the molecule is CC1CN(C(=O)c2cccc(NC(=O)C3CCC(=O)N3)c2)CCO1. The first-order chi connectivity index (χ1) is 11.5. The number of rotatable bonds is 3. The van der Waals surface area contributed by atoms with Crippen molar-refractivity contribution in [1.82, 2.24) is 10.2 Å². The maximum absolute atomic E-state index is 12.6. The van der Waals surface area contributed by atoms with Gasteiger partial charge in [-0.05, 0) is 31.5 Å². The minimum Gasteiger partial charge on any atom is -0.375 e. The molecule has 2 atom stereocenters. The van der Waals surface area contributed by atoms with Crippen LogP contribution in [0.25, 0.3) is 0 Å². The van der Waals surface area contributed by atoms with Crippen molar-refractivity contribution in [1.29, 1.82) is 0 Å². The number of hydrogen-bond donors (Lipinski definition) is 2. The number of carbonyl (C=O) groups excluding carboxylic acids is 3. The molecule has 7 heteroatoms. The van der Waals surface area contributed by atoms with Crippen LogP contribution >= 0.6 is 0 Å². The van der Waals surface area contributed by atoms with E-state index in [1.54, 1.807) is 29.2 Å². The Bertz CT molecular complexity index is 661. The standard InChI is InChI=1S/C17H21N3O4/c1-11-10-20(7-8-24-11)17(23)12-3-2-4-13(9-12)18-16(22)14-5-6-15(21)19-14/h2-4,9,11,14H,5-8,10H2,1H3,(H,18,22)(H,19,21). The van der Waals surface area contributed by atoms with Crippen molar-refractivity contribution in [2.75, 3.05) is 25.0 Å². The molecule has 0 aromatic heterocycles. The summed E-state index contributed by atoms with van der Waals surface area (Å²) in [5, 5.41) is 5.39. The minimum absolute atomic E-state index is 0.0246. The van der Waals surface area contributed by atoms with Crippen LogP contribution in [0.1, 0.15) is 30.1 Å². The van der Waals surface area contributed by atoms with Gasteiger partial charge in [0.1, 0.15) is 6.04 Å². The molecular formula is C17H21N3O4. The molecule has 2 fully saturated rings. The number of nitrogens with zero attached hydrogens (tertiary/aromatic N) is 1. The normalized spacial score (nSPS) is 23.7. The van der Waals surface area contributed by atoms with Crippen LogP contribution in [0, 0.1) is 0 Å². The molecule has 0 radical (unpaired) electrons.